The number of pyridine rings is 1. The molecule has 0 saturated carbocycles. The zero-order chi connectivity index (χ0) is 20.0. The first-order chi connectivity index (χ1) is 12.0. The lowest BCUT2D eigenvalue weighted by Gasteiger charge is -2.30. The zero-order valence-corrected chi connectivity index (χ0v) is 15.7. The van der Waals surface area contributed by atoms with Crippen LogP contribution in [0.25, 0.3) is 0 Å². The van der Waals surface area contributed by atoms with Crippen LogP contribution in [-0.4, -0.2) is 45.4 Å². The Bertz CT molecular complexity index is 641. The molecule has 8 nitrogen and oxygen atoms in total. The molecule has 0 radical (unpaired) electrons. The normalized spacial score (nSPS) is 14.7. The predicted molar refractivity (Wildman–Crippen MR) is 93.5 cm³/mol. The Morgan fingerprint density at radius 3 is 2.38 bits per heavy atom. The van der Waals surface area contributed by atoms with Crippen molar-refractivity contribution < 1.29 is 29.0 Å². The van der Waals surface area contributed by atoms with Gasteiger partial charge in [-0.25, -0.2) is 14.4 Å². The maximum absolute atomic E-state index is 12.7. The fourth-order valence-corrected chi connectivity index (χ4v) is 2.00. The molecule has 2 N–H and O–H groups in total. The highest BCUT2D eigenvalue weighted by Gasteiger charge is 2.51. The molecule has 2 unspecified atom stereocenters. The first kappa shape index (κ1) is 21.4. The lowest BCUT2D eigenvalue weighted by Crippen LogP contribution is -2.63. The van der Waals surface area contributed by atoms with E-state index >= 15 is 0 Å². The van der Waals surface area contributed by atoms with Crippen LogP contribution in [0, 0.1) is 0 Å². The van der Waals surface area contributed by atoms with Crippen molar-refractivity contribution >= 4 is 18.0 Å². The number of nitrogens with one attached hydrogen (secondary N) is 1. The molecule has 0 aliphatic carbocycles. The molecule has 1 heterocycles. The number of alkyl carbamates (subject to hydrolysis) is 1. The van der Waals surface area contributed by atoms with Crippen molar-refractivity contribution in [1.29, 1.82) is 0 Å². The van der Waals surface area contributed by atoms with Crippen LogP contribution in [0.4, 0.5) is 4.79 Å². The summed E-state index contributed by atoms with van der Waals surface area (Å²) in [7, 11) is 0. The number of carboxylic acid groups (broad SMARTS) is 1. The third kappa shape index (κ3) is 6.02. The molecule has 0 spiro atoms. The van der Waals surface area contributed by atoms with Gasteiger partial charge in [0.05, 0.1) is 6.10 Å². The molecular weight excluding hydrogens is 340 g/mol. The Morgan fingerprint density at radius 1 is 1.27 bits per heavy atom. The Balaban J connectivity index is 3.24. The molecule has 0 bridgehead atoms. The number of carboxylic acids is 1. The van der Waals surface area contributed by atoms with E-state index in [9.17, 15) is 19.5 Å². The minimum absolute atomic E-state index is 0.312. The standard InChI is InChI=1S/C18H26N2O6/c1-6-12(2)25-15(23)18(14(21)22,11-13-9-7-8-10-19-13)20-16(24)26-17(3,4)5/h7-10,12H,6,11H2,1-5H3,(H,20,24)(H,21,22). The van der Waals surface area contributed by atoms with E-state index in [1.807, 2.05) is 0 Å². The highest BCUT2D eigenvalue weighted by atomic mass is 16.6. The lowest BCUT2D eigenvalue weighted by atomic mass is 9.93. The van der Waals surface area contributed by atoms with Gasteiger partial charge in [0, 0.05) is 18.3 Å². The van der Waals surface area contributed by atoms with Gasteiger partial charge in [-0.3, -0.25) is 10.3 Å². The predicted octanol–water partition coefficient (Wildman–Crippen LogP) is 2.31. The Kier molecular flexibility index (Phi) is 7.11. The Hall–Kier alpha value is -2.64. The molecule has 1 aromatic heterocycles. The summed E-state index contributed by atoms with van der Waals surface area (Å²) >= 11 is 0. The van der Waals surface area contributed by atoms with Crippen LogP contribution in [0.5, 0.6) is 0 Å². The van der Waals surface area contributed by atoms with Crippen LogP contribution in [0.2, 0.25) is 0 Å². The van der Waals surface area contributed by atoms with Crippen molar-refractivity contribution in [1.82, 2.24) is 10.3 Å². The quantitative estimate of drug-likeness (QED) is 0.562. The van der Waals surface area contributed by atoms with Crippen LogP contribution in [0.3, 0.4) is 0 Å². The van der Waals surface area contributed by atoms with Crippen molar-refractivity contribution in [2.45, 2.75) is 64.7 Å². The highest BCUT2D eigenvalue weighted by Crippen LogP contribution is 2.19. The monoisotopic (exact) mass is 366 g/mol. The number of ether oxygens (including phenoxy) is 2. The van der Waals surface area contributed by atoms with Gasteiger partial charge in [-0.1, -0.05) is 13.0 Å². The van der Waals surface area contributed by atoms with E-state index in [-0.39, 0.29) is 6.42 Å². The van der Waals surface area contributed by atoms with E-state index in [1.54, 1.807) is 52.8 Å². The average molecular weight is 366 g/mol. The molecule has 26 heavy (non-hydrogen) atoms. The summed E-state index contributed by atoms with van der Waals surface area (Å²) in [4.78, 5) is 41.0. The molecule has 2 atom stereocenters. The number of esters is 1. The molecule has 0 fully saturated rings. The fourth-order valence-electron chi connectivity index (χ4n) is 2.00. The lowest BCUT2D eigenvalue weighted by molar-refractivity contribution is -0.166. The van der Waals surface area contributed by atoms with Gasteiger partial charge in [0.25, 0.3) is 0 Å². The van der Waals surface area contributed by atoms with Gasteiger partial charge in [0.15, 0.2) is 0 Å². The topological polar surface area (TPSA) is 115 Å². The van der Waals surface area contributed by atoms with Gasteiger partial charge >= 0.3 is 18.0 Å². The average Bonchev–Trinajstić information content (AvgIpc) is 2.52. The largest absolute Gasteiger partial charge is 0.479 e. The number of rotatable bonds is 7. The maximum Gasteiger partial charge on any atom is 0.409 e. The molecule has 1 aromatic rings. The SMILES string of the molecule is CCC(C)OC(=O)C(Cc1ccccn1)(NC(=O)OC(C)(C)C)C(=O)O. The molecular formula is C18H26N2O6. The summed E-state index contributed by atoms with van der Waals surface area (Å²) in [6.07, 6.45) is 0.0484. The van der Waals surface area contributed by atoms with E-state index in [0.29, 0.717) is 12.1 Å². The van der Waals surface area contributed by atoms with E-state index in [2.05, 4.69) is 10.3 Å². The number of hydrogen-bond acceptors (Lipinski definition) is 6. The second kappa shape index (κ2) is 8.64. The van der Waals surface area contributed by atoms with Crippen LogP contribution in [0.1, 0.15) is 46.7 Å². The summed E-state index contributed by atoms with van der Waals surface area (Å²) in [6.45, 7) is 8.32. The number of hydrogen-bond donors (Lipinski definition) is 2. The van der Waals surface area contributed by atoms with Crippen LogP contribution < -0.4 is 5.32 Å². The van der Waals surface area contributed by atoms with Gasteiger partial charge in [-0.05, 0) is 46.2 Å². The van der Waals surface area contributed by atoms with Crippen molar-refractivity contribution in [2.75, 3.05) is 0 Å². The molecule has 8 heteroatoms. The molecule has 1 amide bonds. The number of carbonyl (C=O) groups excluding carboxylic acids is 2. The van der Waals surface area contributed by atoms with Crippen molar-refractivity contribution in [3.05, 3.63) is 30.1 Å². The second-order valence-electron chi connectivity index (χ2n) is 6.96. The van der Waals surface area contributed by atoms with E-state index in [1.165, 1.54) is 6.20 Å². The molecule has 0 aromatic carbocycles. The molecule has 0 aliphatic rings. The Morgan fingerprint density at radius 2 is 1.92 bits per heavy atom. The third-order valence-corrected chi connectivity index (χ3v) is 3.48. The van der Waals surface area contributed by atoms with Crippen LogP contribution >= 0.6 is 0 Å². The molecule has 0 aliphatic heterocycles. The minimum Gasteiger partial charge on any atom is -0.479 e. The first-order valence-electron chi connectivity index (χ1n) is 8.35. The molecule has 0 saturated heterocycles. The summed E-state index contributed by atoms with van der Waals surface area (Å²) < 4.78 is 10.3. The van der Waals surface area contributed by atoms with E-state index in [4.69, 9.17) is 9.47 Å². The minimum atomic E-state index is -2.35. The van der Waals surface area contributed by atoms with E-state index < -0.39 is 35.3 Å². The maximum atomic E-state index is 12.7. The van der Waals surface area contributed by atoms with Gasteiger partial charge in [0.2, 0.25) is 5.54 Å². The van der Waals surface area contributed by atoms with E-state index in [0.717, 1.165) is 0 Å². The summed E-state index contributed by atoms with van der Waals surface area (Å²) in [5, 5.41) is 12.0. The van der Waals surface area contributed by atoms with Crippen molar-refractivity contribution in [2.24, 2.45) is 0 Å². The molecule has 144 valence electrons. The van der Waals surface area contributed by atoms with Gasteiger partial charge in [-0.2, -0.15) is 0 Å². The third-order valence-electron chi connectivity index (χ3n) is 3.48. The van der Waals surface area contributed by atoms with Crippen molar-refractivity contribution in [3.8, 4) is 0 Å². The number of aliphatic carboxylic acids is 1. The van der Waals surface area contributed by atoms with Crippen LogP contribution in [-0.2, 0) is 25.5 Å². The highest BCUT2D eigenvalue weighted by molar-refractivity contribution is 6.06. The fraction of sp³-hybridized carbons (Fsp3) is 0.556. The second-order valence-corrected chi connectivity index (χ2v) is 6.96. The summed E-state index contributed by atoms with van der Waals surface area (Å²) in [5.41, 5.74) is -2.90. The van der Waals surface area contributed by atoms with Crippen LogP contribution in [0.15, 0.2) is 24.4 Å². The van der Waals surface area contributed by atoms with Gasteiger partial charge in [0.1, 0.15) is 5.60 Å². The zero-order valence-electron chi connectivity index (χ0n) is 15.7. The number of nitrogens with zero attached hydrogens (tertiary/aromatic N) is 1. The van der Waals surface area contributed by atoms with Crippen molar-refractivity contribution in [3.63, 3.8) is 0 Å². The first-order valence-corrected chi connectivity index (χ1v) is 8.35. The van der Waals surface area contributed by atoms with Gasteiger partial charge < -0.3 is 14.6 Å². The molecule has 1 rings (SSSR count). The number of aromatic nitrogens is 1. The smallest absolute Gasteiger partial charge is 0.409 e. The summed E-state index contributed by atoms with van der Waals surface area (Å²) in [6, 6.07) is 4.87. The number of amides is 1. The Labute approximate surface area is 152 Å². The summed E-state index contributed by atoms with van der Waals surface area (Å²) in [5.74, 6) is -2.63. The van der Waals surface area contributed by atoms with Gasteiger partial charge in [-0.15, -0.1) is 0 Å². The number of carbonyl (C=O) groups is 3.